The standard InChI is InChI=1S/C14H11ClFIN2/c1-8-7-12(17)19-14(15)13(8)18-9(2)10-3-5-11(16)6-4-10/h3-7,18H,2H2,1H3. The largest absolute Gasteiger partial charge is 0.353 e. The molecule has 1 N–H and O–H groups in total. The van der Waals surface area contributed by atoms with Crippen molar-refractivity contribution in [3.8, 4) is 0 Å². The van der Waals surface area contributed by atoms with E-state index >= 15 is 0 Å². The molecule has 2 nitrogen and oxygen atoms in total. The highest BCUT2D eigenvalue weighted by Crippen LogP contribution is 2.28. The van der Waals surface area contributed by atoms with Crippen LogP contribution in [0.3, 0.4) is 0 Å². The van der Waals surface area contributed by atoms with Crippen LogP contribution in [0.15, 0.2) is 36.9 Å². The maximum Gasteiger partial charge on any atom is 0.153 e. The molecule has 1 aromatic heterocycles. The van der Waals surface area contributed by atoms with Gasteiger partial charge in [0, 0.05) is 5.70 Å². The van der Waals surface area contributed by atoms with Gasteiger partial charge in [0.15, 0.2) is 5.15 Å². The predicted molar refractivity (Wildman–Crippen MR) is 85.8 cm³/mol. The van der Waals surface area contributed by atoms with E-state index in [1.807, 2.05) is 13.0 Å². The van der Waals surface area contributed by atoms with Gasteiger partial charge in [-0.25, -0.2) is 9.37 Å². The first-order valence-electron chi connectivity index (χ1n) is 5.52. The molecule has 0 spiro atoms. The number of aromatic nitrogens is 1. The Labute approximate surface area is 129 Å². The summed E-state index contributed by atoms with van der Waals surface area (Å²) < 4.78 is 13.7. The molecular formula is C14H11ClFIN2. The number of hydrogen-bond donors (Lipinski definition) is 1. The van der Waals surface area contributed by atoms with Crippen molar-refractivity contribution in [1.82, 2.24) is 4.98 Å². The molecule has 0 bridgehead atoms. The average Bonchev–Trinajstić information content (AvgIpc) is 2.34. The number of anilines is 1. The number of pyridine rings is 1. The van der Waals surface area contributed by atoms with E-state index in [0.717, 1.165) is 20.5 Å². The lowest BCUT2D eigenvalue weighted by Gasteiger charge is -2.13. The molecule has 0 aliphatic carbocycles. The van der Waals surface area contributed by atoms with Crippen LogP contribution in [0.4, 0.5) is 10.1 Å². The molecule has 5 heteroatoms. The highest BCUT2D eigenvalue weighted by molar-refractivity contribution is 14.1. The molecular weight excluding hydrogens is 378 g/mol. The number of aryl methyl sites for hydroxylation is 1. The Morgan fingerprint density at radius 3 is 2.58 bits per heavy atom. The molecule has 98 valence electrons. The Hall–Kier alpha value is -1.14. The summed E-state index contributed by atoms with van der Waals surface area (Å²) in [5.41, 5.74) is 3.15. The van der Waals surface area contributed by atoms with Gasteiger partial charge in [0.05, 0.1) is 5.69 Å². The summed E-state index contributed by atoms with van der Waals surface area (Å²) in [5.74, 6) is -0.276. The summed E-state index contributed by atoms with van der Waals surface area (Å²) in [6.45, 7) is 5.87. The van der Waals surface area contributed by atoms with Gasteiger partial charge in [0.2, 0.25) is 0 Å². The summed E-state index contributed by atoms with van der Waals surface area (Å²) in [5, 5.41) is 3.52. The quantitative estimate of drug-likeness (QED) is 0.599. The van der Waals surface area contributed by atoms with Crippen molar-refractivity contribution >= 4 is 45.6 Å². The van der Waals surface area contributed by atoms with Gasteiger partial charge in [-0.1, -0.05) is 30.3 Å². The zero-order chi connectivity index (χ0) is 14.0. The van der Waals surface area contributed by atoms with Gasteiger partial charge in [-0.2, -0.15) is 0 Å². The number of hydrogen-bond acceptors (Lipinski definition) is 2. The van der Waals surface area contributed by atoms with Gasteiger partial charge in [-0.15, -0.1) is 0 Å². The molecule has 0 saturated carbocycles. The Bertz CT molecular complexity index is 603. The molecule has 0 amide bonds. The van der Waals surface area contributed by atoms with Gasteiger partial charge >= 0.3 is 0 Å². The van der Waals surface area contributed by atoms with Crippen LogP contribution in [0.1, 0.15) is 11.1 Å². The highest BCUT2D eigenvalue weighted by Gasteiger charge is 2.09. The second-order valence-corrected chi connectivity index (χ2v) is 5.50. The van der Waals surface area contributed by atoms with Crippen LogP contribution in [0, 0.1) is 16.4 Å². The third-order valence-corrected chi connectivity index (χ3v) is 3.44. The SMILES string of the molecule is C=C(Nc1c(C)cc(I)nc1Cl)c1ccc(F)cc1. The summed E-state index contributed by atoms with van der Waals surface area (Å²) in [6, 6.07) is 8.03. The Morgan fingerprint density at radius 2 is 2.00 bits per heavy atom. The van der Waals surface area contributed by atoms with Crippen LogP contribution in [0.2, 0.25) is 5.15 Å². The maximum atomic E-state index is 12.9. The maximum absolute atomic E-state index is 12.9. The first-order chi connectivity index (χ1) is 8.97. The lowest BCUT2D eigenvalue weighted by molar-refractivity contribution is 0.627. The average molecular weight is 389 g/mol. The molecule has 0 fully saturated rings. The fraction of sp³-hybridized carbons (Fsp3) is 0.0714. The van der Waals surface area contributed by atoms with E-state index in [2.05, 4.69) is 39.5 Å². The van der Waals surface area contributed by atoms with E-state index in [9.17, 15) is 4.39 Å². The fourth-order valence-corrected chi connectivity index (χ4v) is 2.76. The Kier molecular flexibility index (Phi) is 4.42. The first kappa shape index (κ1) is 14.3. The van der Waals surface area contributed by atoms with E-state index in [4.69, 9.17) is 11.6 Å². The van der Waals surface area contributed by atoms with Crippen molar-refractivity contribution in [2.75, 3.05) is 5.32 Å². The van der Waals surface area contributed by atoms with Crippen molar-refractivity contribution in [2.45, 2.75) is 6.92 Å². The van der Waals surface area contributed by atoms with Crippen molar-refractivity contribution in [3.63, 3.8) is 0 Å². The molecule has 0 saturated heterocycles. The second kappa shape index (κ2) is 5.88. The third-order valence-electron chi connectivity index (χ3n) is 2.61. The molecule has 2 aromatic rings. The number of rotatable bonds is 3. The van der Waals surface area contributed by atoms with E-state index < -0.39 is 0 Å². The molecule has 0 unspecified atom stereocenters. The fourth-order valence-electron chi connectivity index (χ4n) is 1.62. The van der Waals surface area contributed by atoms with Crippen LogP contribution in [-0.2, 0) is 0 Å². The van der Waals surface area contributed by atoms with Crippen molar-refractivity contribution in [2.24, 2.45) is 0 Å². The normalized spacial score (nSPS) is 10.3. The summed E-state index contributed by atoms with van der Waals surface area (Å²) in [4.78, 5) is 4.18. The Morgan fingerprint density at radius 1 is 1.37 bits per heavy atom. The molecule has 0 atom stereocenters. The van der Waals surface area contributed by atoms with E-state index in [0.29, 0.717) is 10.9 Å². The molecule has 0 aliphatic rings. The summed E-state index contributed by atoms with van der Waals surface area (Å²) in [6.07, 6.45) is 0. The molecule has 19 heavy (non-hydrogen) atoms. The minimum absolute atomic E-state index is 0.276. The zero-order valence-electron chi connectivity index (χ0n) is 10.2. The van der Waals surface area contributed by atoms with Gasteiger partial charge < -0.3 is 5.32 Å². The van der Waals surface area contributed by atoms with Gasteiger partial charge in [-0.3, -0.25) is 0 Å². The lowest BCUT2D eigenvalue weighted by atomic mass is 10.1. The van der Waals surface area contributed by atoms with Crippen LogP contribution >= 0.6 is 34.2 Å². The van der Waals surface area contributed by atoms with Crippen LogP contribution in [-0.4, -0.2) is 4.98 Å². The van der Waals surface area contributed by atoms with Crippen molar-refractivity contribution in [3.05, 3.63) is 62.7 Å². The minimum atomic E-state index is -0.276. The predicted octanol–water partition coefficient (Wildman–Crippen LogP) is 4.87. The summed E-state index contributed by atoms with van der Waals surface area (Å²) >= 11 is 8.22. The second-order valence-electron chi connectivity index (χ2n) is 4.04. The van der Waals surface area contributed by atoms with Crippen molar-refractivity contribution < 1.29 is 4.39 Å². The molecule has 2 rings (SSSR count). The molecule has 1 heterocycles. The van der Waals surface area contributed by atoms with Crippen molar-refractivity contribution in [1.29, 1.82) is 0 Å². The molecule has 0 radical (unpaired) electrons. The number of benzene rings is 1. The van der Waals surface area contributed by atoms with Crippen LogP contribution in [0.5, 0.6) is 0 Å². The topological polar surface area (TPSA) is 24.9 Å². The highest BCUT2D eigenvalue weighted by atomic mass is 127. The van der Waals surface area contributed by atoms with E-state index in [1.165, 1.54) is 12.1 Å². The van der Waals surface area contributed by atoms with E-state index in [-0.39, 0.29) is 5.82 Å². The number of nitrogens with zero attached hydrogens (tertiary/aromatic N) is 1. The number of nitrogens with one attached hydrogen (secondary N) is 1. The molecule has 0 aliphatic heterocycles. The number of halogens is 3. The zero-order valence-corrected chi connectivity index (χ0v) is 13.1. The van der Waals surface area contributed by atoms with E-state index in [1.54, 1.807) is 12.1 Å². The Balaban J connectivity index is 2.26. The molecule has 1 aromatic carbocycles. The van der Waals surface area contributed by atoms with Crippen LogP contribution < -0.4 is 5.32 Å². The van der Waals surface area contributed by atoms with Gasteiger partial charge in [-0.05, 0) is 58.8 Å². The minimum Gasteiger partial charge on any atom is -0.353 e. The first-order valence-corrected chi connectivity index (χ1v) is 6.97. The summed E-state index contributed by atoms with van der Waals surface area (Å²) in [7, 11) is 0. The van der Waals surface area contributed by atoms with Gasteiger partial charge in [0.25, 0.3) is 0 Å². The lowest BCUT2D eigenvalue weighted by Crippen LogP contribution is -2.02. The smallest absolute Gasteiger partial charge is 0.153 e. The van der Waals surface area contributed by atoms with Crippen LogP contribution in [0.25, 0.3) is 5.70 Å². The monoisotopic (exact) mass is 388 g/mol. The third kappa shape index (κ3) is 3.45. The van der Waals surface area contributed by atoms with Gasteiger partial charge in [0.1, 0.15) is 9.52 Å².